The van der Waals surface area contributed by atoms with Gasteiger partial charge in [-0.15, -0.1) is 0 Å². The van der Waals surface area contributed by atoms with E-state index in [1.807, 2.05) is 25.2 Å². The predicted octanol–water partition coefficient (Wildman–Crippen LogP) is 7.94. The number of ether oxygens (including phenoxy) is 1. The number of hydrogen-bond acceptors (Lipinski definition) is 3. The van der Waals surface area contributed by atoms with E-state index in [1.54, 1.807) is 32.1 Å². The first-order chi connectivity index (χ1) is 18.7. The molecule has 1 saturated carbocycles. The fraction of sp³-hybridized carbons (Fsp3) is 0.375. The van der Waals surface area contributed by atoms with Gasteiger partial charge in [0.2, 0.25) is 0 Å². The molecule has 0 aromatic heterocycles. The summed E-state index contributed by atoms with van der Waals surface area (Å²) in [5, 5.41) is 11.8. The number of carbonyl (C=O) groups is 2. The van der Waals surface area contributed by atoms with Crippen LogP contribution in [0.3, 0.4) is 0 Å². The highest BCUT2D eigenvalue weighted by Gasteiger charge is 2.57. The van der Waals surface area contributed by atoms with Gasteiger partial charge in [0.15, 0.2) is 0 Å². The fourth-order valence-corrected chi connectivity index (χ4v) is 4.68. The number of rotatable bonds is 13. The summed E-state index contributed by atoms with van der Waals surface area (Å²) in [5.41, 5.74) is 0.0414. The zero-order valence-corrected chi connectivity index (χ0v) is 23.7. The molecular formula is C32H38F3NO4. The summed E-state index contributed by atoms with van der Waals surface area (Å²) in [6, 6.07) is 3.36. The third kappa shape index (κ3) is 8.10. The van der Waals surface area contributed by atoms with Crippen LogP contribution in [-0.2, 0) is 4.79 Å². The van der Waals surface area contributed by atoms with Crippen molar-refractivity contribution in [1.29, 1.82) is 0 Å². The van der Waals surface area contributed by atoms with E-state index in [9.17, 15) is 27.9 Å². The highest BCUT2D eigenvalue weighted by atomic mass is 19.4. The number of alkyl halides is 3. The molecule has 1 fully saturated rings. The van der Waals surface area contributed by atoms with E-state index >= 15 is 0 Å². The lowest BCUT2D eigenvalue weighted by atomic mass is 9.99. The van der Waals surface area contributed by atoms with Gasteiger partial charge in [0.25, 0.3) is 5.91 Å². The SMILES string of the molecule is C=C/C=C(\C=C/C)CCCOc1cc(C)c(C(=O)NC(=C/C(=C)[C@H]2C[C@@]2(C)C(=O)O)/C(=C\C)C(F)(F)F)c(C)c1. The molecule has 5 nitrogen and oxygen atoms in total. The Hall–Kier alpha value is -3.81. The number of aryl methyl sites for hydroxylation is 2. The molecule has 1 amide bonds. The van der Waals surface area contributed by atoms with Gasteiger partial charge in [-0.05, 0) is 94.4 Å². The third-order valence-electron chi connectivity index (χ3n) is 6.96. The Morgan fingerprint density at radius 3 is 2.33 bits per heavy atom. The smallest absolute Gasteiger partial charge is 0.418 e. The van der Waals surface area contributed by atoms with Crippen molar-refractivity contribution in [2.24, 2.45) is 11.3 Å². The predicted molar refractivity (Wildman–Crippen MR) is 152 cm³/mol. The maximum absolute atomic E-state index is 13.9. The van der Waals surface area contributed by atoms with Crippen molar-refractivity contribution in [1.82, 2.24) is 5.32 Å². The Morgan fingerprint density at radius 2 is 1.85 bits per heavy atom. The molecule has 1 aromatic rings. The van der Waals surface area contributed by atoms with Gasteiger partial charge >= 0.3 is 12.1 Å². The van der Waals surface area contributed by atoms with Crippen molar-refractivity contribution >= 4 is 11.9 Å². The van der Waals surface area contributed by atoms with Crippen LogP contribution in [0.5, 0.6) is 5.75 Å². The zero-order chi connectivity index (χ0) is 30.3. The molecule has 0 aliphatic heterocycles. The molecule has 2 atom stereocenters. The van der Waals surface area contributed by atoms with Gasteiger partial charge in [0.1, 0.15) is 5.75 Å². The normalized spacial score (nSPS) is 19.9. The summed E-state index contributed by atoms with van der Waals surface area (Å²) in [4.78, 5) is 24.8. The molecule has 0 unspecified atom stereocenters. The molecule has 216 valence electrons. The molecule has 2 rings (SSSR count). The number of amides is 1. The van der Waals surface area contributed by atoms with Gasteiger partial charge < -0.3 is 15.2 Å². The molecule has 0 heterocycles. The third-order valence-corrected chi connectivity index (χ3v) is 6.96. The number of carboxylic acid groups (broad SMARTS) is 1. The standard InChI is InChI=1S/C32H38F3NO4/c1-8-12-23(13-9-2)14-11-15-40-24-16-21(5)28(22(6)17-24)29(37)36-27(25(10-3)32(33,34)35)18-20(4)26-19-31(26,7)30(38)39/h8-10,12-13,16-18,26H,1,4,11,14-15,19H2,2-3,5-7H3,(H,36,37)(H,38,39)/b13-9-,23-12+,25-10+,27-18+/t26-,31-/m1/s1. The summed E-state index contributed by atoms with van der Waals surface area (Å²) in [7, 11) is 0. The van der Waals surface area contributed by atoms with Crippen LogP contribution in [0.2, 0.25) is 0 Å². The summed E-state index contributed by atoms with van der Waals surface area (Å²) in [6.07, 6.45) is 6.70. The number of allylic oxidation sites excluding steroid dienone is 9. The summed E-state index contributed by atoms with van der Waals surface area (Å²) >= 11 is 0. The van der Waals surface area contributed by atoms with E-state index in [2.05, 4.69) is 18.5 Å². The zero-order valence-electron chi connectivity index (χ0n) is 23.7. The average Bonchev–Trinajstić information content (AvgIpc) is 3.54. The lowest BCUT2D eigenvalue weighted by Crippen LogP contribution is -2.29. The number of carbonyl (C=O) groups excluding carboxylic acids is 1. The number of halogens is 3. The lowest BCUT2D eigenvalue weighted by Gasteiger charge is -2.19. The van der Waals surface area contributed by atoms with E-state index in [1.165, 1.54) is 13.8 Å². The molecule has 0 bridgehead atoms. The van der Waals surface area contributed by atoms with Crippen LogP contribution in [-0.4, -0.2) is 29.8 Å². The number of aliphatic carboxylic acids is 1. The molecule has 0 radical (unpaired) electrons. The van der Waals surface area contributed by atoms with Crippen molar-refractivity contribution in [2.45, 2.75) is 60.1 Å². The van der Waals surface area contributed by atoms with E-state index in [0.717, 1.165) is 30.6 Å². The quantitative estimate of drug-likeness (QED) is 0.191. The van der Waals surface area contributed by atoms with Crippen molar-refractivity contribution < 1.29 is 32.6 Å². The number of benzene rings is 1. The van der Waals surface area contributed by atoms with Gasteiger partial charge in [-0.3, -0.25) is 9.59 Å². The topological polar surface area (TPSA) is 75.6 Å². The second-order valence-corrected chi connectivity index (χ2v) is 10.1. The Balaban J connectivity index is 2.25. The Kier molecular flexibility index (Phi) is 10.9. The molecule has 40 heavy (non-hydrogen) atoms. The maximum atomic E-state index is 13.9. The minimum atomic E-state index is -4.75. The van der Waals surface area contributed by atoms with Crippen LogP contribution in [0.1, 0.15) is 61.5 Å². The molecule has 1 aliphatic rings. The molecule has 0 spiro atoms. The summed E-state index contributed by atoms with van der Waals surface area (Å²) in [5.74, 6) is -1.72. The first-order valence-corrected chi connectivity index (χ1v) is 13.1. The number of hydrogen-bond donors (Lipinski definition) is 2. The maximum Gasteiger partial charge on any atom is 0.418 e. The average molecular weight is 558 g/mol. The molecule has 1 aromatic carbocycles. The van der Waals surface area contributed by atoms with Crippen molar-refractivity contribution in [3.05, 3.63) is 101 Å². The second-order valence-electron chi connectivity index (χ2n) is 10.1. The Labute approximate surface area is 234 Å². The summed E-state index contributed by atoms with van der Waals surface area (Å²) < 4.78 is 47.4. The van der Waals surface area contributed by atoms with Crippen LogP contribution in [0, 0.1) is 25.2 Å². The Morgan fingerprint density at radius 1 is 1.23 bits per heavy atom. The van der Waals surface area contributed by atoms with Crippen LogP contribution < -0.4 is 10.1 Å². The van der Waals surface area contributed by atoms with Crippen molar-refractivity contribution in [3.8, 4) is 5.75 Å². The van der Waals surface area contributed by atoms with Gasteiger partial charge in [-0.1, -0.05) is 43.5 Å². The van der Waals surface area contributed by atoms with Crippen molar-refractivity contribution in [2.75, 3.05) is 6.61 Å². The highest BCUT2D eigenvalue weighted by Crippen LogP contribution is 2.56. The van der Waals surface area contributed by atoms with Crippen LogP contribution >= 0.6 is 0 Å². The van der Waals surface area contributed by atoms with Gasteiger partial charge in [-0.25, -0.2) is 0 Å². The molecule has 0 saturated heterocycles. The molecular weight excluding hydrogens is 519 g/mol. The van der Waals surface area contributed by atoms with Gasteiger partial charge in [-0.2, -0.15) is 13.2 Å². The summed E-state index contributed by atoms with van der Waals surface area (Å²) in [6.45, 7) is 16.0. The van der Waals surface area contributed by atoms with E-state index in [4.69, 9.17) is 4.74 Å². The van der Waals surface area contributed by atoms with Crippen LogP contribution in [0.15, 0.2) is 84.2 Å². The number of carboxylic acids is 1. The van der Waals surface area contributed by atoms with E-state index in [-0.39, 0.29) is 17.6 Å². The van der Waals surface area contributed by atoms with Crippen molar-refractivity contribution in [3.63, 3.8) is 0 Å². The lowest BCUT2D eigenvalue weighted by molar-refractivity contribution is -0.143. The van der Waals surface area contributed by atoms with Gasteiger partial charge in [0, 0.05) is 11.5 Å². The molecule has 8 heteroatoms. The molecule has 2 N–H and O–H groups in total. The van der Waals surface area contributed by atoms with Crippen LogP contribution in [0.25, 0.3) is 0 Å². The first-order valence-electron chi connectivity index (χ1n) is 13.1. The highest BCUT2D eigenvalue weighted by molar-refractivity contribution is 5.98. The number of nitrogens with one attached hydrogen (secondary N) is 1. The monoisotopic (exact) mass is 557 g/mol. The molecule has 1 aliphatic carbocycles. The fourth-order valence-electron chi connectivity index (χ4n) is 4.68. The van der Waals surface area contributed by atoms with Crippen LogP contribution in [0.4, 0.5) is 13.2 Å². The first kappa shape index (κ1) is 32.4. The van der Waals surface area contributed by atoms with Gasteiger partial charge in [0.05, 0.1) is 23.3 Å². The Bertz CT molecular complexity index is 1260. The minimum Gasteiger partial charge on any atom is -0.494 e. The van der Waals surface area contributed by atoms with E-state index in [0.29, 0.717) is 23.5 Å². The largest absolute Gasteiger partial charge is 0.494 e. The second kappa shape index (κ2) is 13.5. The minimum absolute atomic E-state index is 0.210. The van der Waals surface area contributed by atoms with E-state index < -0.39 is 40.7 Å².